The first-order chi connectivity index (χ1) is 12.6. The van der Waals surface area contributed by atoms with Crippen LogP contribution in [0.15, 0.2) is 30.5 Å². The number of halogens is 2. The number of nitrogens with zero attached hydrogens (tertiary/aromatic N) is 2. The Hall–Kier alpha value is -2.83. The van der Waals surface area contributed by atoms with Gasteiger partial charge in [-0.3, -0.25) is 9.78 Å². The van der Waals surface area contributed by atoms with Crippen LogP contribution in [0.3, 0.4) is 0 Å². The first-order valence-electron chi connectivity index (χ1n) is 8.65. The van der Waals surface area contributed by atoms with Crippen LogP contribution in [-0.2, 0) is 11.2 Å². The molecule has 1 N–H and O–H groups in total. The number of aromatic nitrogens is 2. The second kappa shape index (κ2) is 7.06. The van der Waals surface area contributed by atoms with E-state index in [1.54, 1.807) is 6.08 Å². The highest BCUT2D eigenvalue weighted by Crippen LogP contribution is 2.29. The molecule has 1 aliphatic carbocycles. The van der Waals surface area contributed by atoms with Gasteiger partial charge in [-0.1, -0.05) is 26.8 Å². The van der Waals surface area contributed by atoms with Crippen molar-refractivity contribution >= 4 is 11.5 Å². The third-order valence-electron chi connectivity index (χ3n) is 4.58. The lowest BCUT2D eigenvalue weighted by atomic mass is 9.88. The minimum atomic E-state index is -0.843. The zero-order valence-electron chi connectivity index (χ0n) is 15.6. The summed E-state index contributed by atoms with van der Waals surface area (Å²) in [6, 6.07) is 2.94. The fraction of sp³-hybridized carbons (Fsp3) is 0.350. The molecule has 5 nitrogen and oxygen atoms in total. The predicted molar refractivity (Wildman–Crippen MR) is 97.2 cm³/mol. The van der Waals surface area contributed by atoms with Gasteiger partial charge in [-0.2, -0.15) is 0 Å². The Morgan fingerprint density at radius 2 is 2.04 bits per heavy atom. The van der Waals surface area contributed by atoms with Crippen LogP contribution in [0.1, 0.15) is 39.1 Å². The molecule has 3 rings (SSSR count). The van der Waals surface area contributed by atoms with Crippen molar-refractivity contribution in [2.45, 2.75) is 40.2 Å². The number of benzene rings is 1. The van der Waals surface area contributed by atoms with E-state index < -0.39 is 11.6 Å². The van der Waals surface area contributed by atoms with Gasteiger partial charge in [0, 0.05) is 18.5 Å². The highest BCUT2D eigenvalue weighted by atomic mass is 19.1. The van der Waals surface area contributed by atoms with Crippen molar-refractivity contribution in [3.05, 3.63) is 53.5 Å². The maximum atomic E-state index is 13.8. The molecular weight excluding hydrogens is 352 g/mol. The molecule has 1 aromatic heterocycles. The number of ether oxygens (including phenoxy) is 1. The van der Waals surface area contributed by atoms with Crippen LogP contribution in [0.4, 0.5) is 8.78 Å². The molecule has 0 spiro atoms. The molecule has 0 unspecified atom stereocenters. The van der Waals surface area contributed by atoms with Crippen LogP contribution < -0.4 is 10.1 Å². The molecule has 0 saturated heterocycles. The summed E-state index contributed by atoms with van der Waals surface area (Å²) in [7, 11) is 0. The summed E-state index contributed by atoms with van der Waals surface area (Å²) in [4.78, 5) is 21.2. The van der Waals surface area contributed by atoms with Crippen molar-refractivity contribution in [2.75, 3.05) is 0 Å². The van der Waals surface area contributed by atoms with Crippen LogP contribution in [0, 0.1) is 17.0 Å². The van der Waals surface area contributed by atoms with Gasteiger partial charge in [-0.25, -0.2) is 13.8 Å². The number of allylic oxidation sites excluding steroid dienone is 1. The number of rotatable bonds is 4. The maximum Gasteiger partial charge on any atom is 0.253 e. The number of nitrogens with one attached hydrogen (secondary N) is 1. The van der Waals surface area contributed by atoms with E-state index >= 15 is 0 Å². The highest BCUT2D eigenvalue weighted by molar-refractivity contribution is 6.20. The number of hydrogen-bond donors (Lipinski definition) is 1. The molecule has 1 atom stereocenters. The molecule has 0 saturated carbocycles. The average molecular weight is 373 g/mol. The first kappa shape index (κ1) is 18.9. The number of carbonyl (C=O) groups excluding carboxylic acids is 1. The summed E-state index contributed by atoms with van der Waals surface area (Å²) < 4.78 is 32.2. The Labute approximate surface area is 156 Å². The SMILES string of the molecule is C[C@@H](NC(=O)C1=CCc2ncc(Oc3ccc(F)cc3F)nc21)C(C)(C)C. The van der Waals surface area contributed by atoms with Gasteiger partial charge in [0.05, 0.1) is 17.5 Å². The van der Waals surface area contributed by atoms with Crippen molar-refractivity contribution in [3.63, 3.8) is 0 Å². The number of amides is 1. The summed E-state index contributed by atoms with van der Waals surface area (Å²) in [6.07, 6.45) is 3.60. The third-order valence-corrected chi connectivity index (χ3v) is 4.58. The lowest BCUT2D eigenvalue weighted by Gasteiger charge is -2.28. The number of hydrogen-bond acceptors (Lipinski definition) is 4. The predicted octanol–water partition coefficient (Wildman–Crippen LogP) is 4.04. The van der Waals surface area contributed by atoms with Gasteiger partial charge in [0.2, 0.25) is 5.88 Å². The van der Waals surface area contributed by atoms with Crippen LogP contribution in [-0.4, -0.2) is 21.9 Å². The van der Waals surface area contributed by atoms with Gasteiger partial charge in [0.25, 0.3) is 5.91 Å². The molecule has 0 fully saturated rings. The summed E-state index contributed by atoms with van der Waals surface area (Å²) in [5, 5.41) is 2.97. The Kier molecular flexibility index (Phi) is 4.95. The molecule has 2 aromatic rings. The monoisotopic (exact) mass is 373 g/mol. The second-order valence-corrected chi connectivity index (χ2v) is 7.56. The van der Waals surface area contributed by atoms with Gasteiger partial charge in [0.15, 0.2) is 11.6 Å². The van der Waals surface area contributed by atoms with E-state index in [0.717, 1.165) is 12.1 Å². The zero-order chi connectivity index (χ0) is 19.8. The Morgan fingerprint density at radius 3 is 2.70 bits per heavy atom. The van der Waals surface area contributed by atoms with Crippen molar-refractivity contribution < 1.29 is 18.3 Å². The molecule has 7 heteroatoms. The Balaban J connectivity index is 1.81. The largest absolute Gasteiger partial charge is 0.434 e. The van der Waals surface area contributed by atoms with E-state index in [1.165, 1.54) is 12.3 Å². The quantitative estimate of drug-likeness (QED) is 0.879. The molecule has 1 aliphatic rings. The average Bonchev–Trinajstić information content (AvgIpc) is 2.99. The fourth-order valence-corrected chi connectivity index (χ4v) is 2.47. The van der Waals surface area contributed by atoms with Gasteiger partial charge in [-0.05, 0) is 24.5 Å². The third kappa shape index (κ3) is 4.13. The first-order valence-corrected chi connectivity index (χ1v) is 8.65. The molecule has 1 heterocycles. The van der Waals surface area contributed by atoms with Crippen LogP contribution >= 0.6 is 0 Å². The van der Waals surface area contributed by atoms with Crippen molar-refractivity contribution in [3.8, 4) is 11.6 Å². The van der Waals surface area contributed by atoms with Crippen LogP contribution in [0.2, 0.25) is 0 Å². The van der Waals surface area contributed by atoms with Gasteiger partial charge >= 0.3 is 0 Å². The number of fused-ring (bicyclic) bond motifs is 1. The topological polar surface area (TPSA) is 64.1 Å². The second-order valence-electron chi connectivity index (χ2n) is 7.56. The summed E-state index contributed by atoms with van der Waals surface area (Å²) in [5.41, 5.74) is 1.39. The Morgan fingerprint density at radius 1 is 1.30 bits per heavy atom. The van der Waals surface area contributed by atoms with Crippen molar-refractivity contribution in [1.82, 2.24) is 15.3 Å². The van der Waals surface area contributed by atoms with Crippen LogP contribution in [0.5, 0.6) is 11.6 Å². The molecular formula is C20H21F2N3O2. The van der Waals surface area contributed by atoms with Crippen LogP contribution in [0.25, 0.3) is 5.57 Å². The summed E-state index contributed by atoms with van der Waals surface area (Å²) in [5.74, 6) is -1.92. The molecule has 0 bridgehead atoms. The summed E-state index contributed by atoms with van der Waals surface area (Å²) in [6.45, 7) is 8.06. The van der Waals surface area contributed by atoms with Gasteiger partial charge in [0.1, 0.15) is 11.5 Å². The Bertz CT molecular complexity index is 920. The van der Waals surface area contributed by atoms with E-state index in [4.69, 9.17) is 4.74 Å². The lowest BCUT2D eigenvalue weighted by Crippen LogP contribution is -2.41. The fourth-order valence-electron chi connectivity index (χ4n) is 2.47. The number of carbonyl (C=O) groups is 1. The van der Waals surface area contributed by atoms with E-state index in [9.17, 15) is 13.6 Å². The maximum absolute atomic E-state index is 13.8. The minimum absolute atomic E-state index is 0.0312. The summed E-state index contributed by atoms with van der Waals surface area (Å²) >= 11 is 0. The van der Waals surface area contributed by atoms with E-state index in [2.05, 4.69) is 15.3 Å². The molecule has 0 radical (unpaired) electrons. The van der Waals surface area contributed by atoms with Gasteiger partial charge in [-0.15, -0.1) is 0 Å². The zero-order valence-corrected chi connectivity index (χ0v) is 15.6. The molecule has 1 aromatic carbocycles. The molecule has 1 amide bonds. The van der Waals surface area contributed by atoms with E-state index in [0.29, 0.717) is 23.4 Å². The normalized spacial score (nSPS) is 14.4. The van der Waals surface area contributed by atoms with Crippen molar-refractivity contribution in [1.29, 1.82) is 0 Å². The van der Waals surface area contributed by atoms with Crippen molar-refractivity contribution in [2.24, 2.45) is 5.41 Å². The minimum Gasteiger partial charge on any atom is -0.434 e. The molecule has 0 aliphatic heterocycles. The molecule has 142 valence electrons. The van der Waals surface area contributed by atoms with E-state index in [1.807, 2.05) is 27.7 Å². The van der Waals surface area contributed by atoms with E-state index in [-0.39, 0.29) is 29.0 Å². The standard InChI is InChI=1S/C20H21F2N3O2/c1-11(20(2,3)4)24-19(26)13-6-7-15-18(13)25-17(10-23-15)27-16-8-5-12(21)9-14(16)22/h5-6,8-11H,7H2,1-4H3,(H,24,26)/t11-/m1/s1. The lowest BCUT2D eigenvalue weighted by molar-refractivity contribution is -0.116. The molecule has 27 heavy (non-hydrogen) atoms. The smallest absolute Gasteiger partial charge is 0.253 e. The van der Waals surface area contributed by atoms with Gasteiger partial charge < -0.3 is 10.1 Å². The highest BCUT2D eigenvalue weighted by Gasteiger charge is 2.28.